The summed E-state index contributed by atoms with van der Waals surface area (Å²) in [7, 11) is 3.38. The van der Waals surface area contributed by atoms with Gasteiger partial charge in [-0.25, -0.2) is 0 Å². The molecule has 0 bridgehead atoms. The molecule has 0 spiro atoms. The number of carbonyl (C=O) groups is 1. The normalized spacial score (nSPS) is 12.1. The van der Waals surface area contributed by atoms with Gasteiger partial charge in [-0.1, -0.05) is 17.7 Å². The van der Waals surface area contributed by atoms with E-state index in [-0.39, 0.29) is 12.5 Å². The third-order valence-electron chi connectivity index (χ3n) is 2.53. The Kier molecular flexibility index (Phi) is 4.78. The first-order chi connectivity index (χ1) is 7.95. The molecule has 17 heavy (non-hydrogen) atoms. The number of amides is 1. The molecule has 0 saturated heterocycles. The first kappa shape index (κ1) is 13.8. The Balaban J connectivity index is 2.88. The van der Waals surface area contributed by atoms with E-state index < -0.39 is 6.10 Å². The highest BCUT2D eigenvalue weighted by molar-refractivity contribution is 6.33. The summed E-state index contributed by atoms with van der Waals surface area (Å²) in [5.41, 5.74) is 1.52. The molecule has 0 fully saturated rings. The predicted octanol–water partition coefficient (Wildman–Crippen LogP) is 1.58. The van der Waals surface area contributed by atoms with Gasteiger partial charge in [-0.2, -0.15) is 0 Å². The molecule has 0 unspecified atom stereocenters. The Morgan fingerprint density at radius 1 is 1.59 bits per heavy atom. The quantitative estimate of drug-likeness (QED) is 0.860. The van der Waals surface area contributed by atoms with Crippen molar-refractivity contribution in [2.24, 2.45) is 0 Å². The number of nitrogens with one attached hydrogen (secondary N) is 1. The zero-order chi connectivity index (χ0) is 13.0. The summed E-state index contributed by atoms with van der Waals surface area (Å²) in [6.07, 6.45) is -0.550. The summed E-state index contributed by atoms with van der Waals surface area (Å²) in [5.74, 6) is -0.0804. The van der Waals surface area contributed by atoms with E-state index in [4.69, 9.17) is 11.6 Å². The fourth-order valence-electron chi connectivity index (χ4n) is 1.47. The van der Waals surface area contributed by atoms with Crippen LogP contribution in [0.3, 0.4) is 0 Å². The number of anilines is 1. The van der Waals surface area contributed by atoms with Crippen LogP contribution in [-0.4, -0.2) is 31.7 Å². The van der Waals surface area contributed by atoms with Crippen LogP contribution in [0.1, 0.15) is 18.6 Å². The number of nitrogens with zero attached hydrogens (tertiary/aromatic N) is 1. The van der Waals surface area contributed by atoms with Gasteiger partial charge < -0.3 is 15.3 Å². The molecule has 1 aromatic rings. The number of hydrogen-bond acceptors (Lipinski definition) is 3. The lowest BCUT2D eigenvalue weighted by Crippen LogP contribution is -2.33. The van der Waals surface area contributed by atoms with Gasteiger partial charge in [0.05, 0.1) is 23.4 Å². The zero-order valence-corrected chi connectivity index (χ0v) is 11.0. The number of hydrogen-bond donors (Lipinski definition) is 2. The fourth-order valence-corrected chi connectivity index (χ4v) is 1.81. The molecule has 0 saturated carbocycles. The molecule has 4 nitrogen and oxygen atoms in total. The molecule has 1 amide bonds. The molecular weight excluding hydrogens is 240 g/mol. The van der Waals surface area contributed by atoms with E-state index in [0.717, 1.165) is 11.3 Å². The van der Waals surface area contributed by atoms with Crippen molar-refractivity contribution >= 4 is 23.2 Å². The highest BCUT2D eigenvalue weighted by Gasteiger charge is 2.11. The van der Waals surface area contributed by atoms with E-state index >= 15 is 0 Å². The monoisotopic (exact) mass is 256 g/mol. The van der Waals surface area contributed by atoms with E-state index in [9.17, 15) is 9.90 Å². The number of halogens is 1. The second-order valence-electron chi connectivity index (χ2n) is 3.92. The van der Waals surface area contributed by atoms with E-state index in [0.29, 0.717) is 5.02 Å². The van der Waals surface area contributed by atoms with Gasteiger partial charge in [-0.15, -0.1) is 0 Å². The van der Waals surface area contributed by atoms with E-state index in [1.165, 1.54) is 0 Å². The minimum atomic E-state index is -0.550. The second kappa shape index (κ2) is 5.89. The molecular formula is C12H17ClN2O2. The van der Waals surface area contributed by atoms with Crippen LogP contribution < -0.4 is 10.2 Å². The van der Waals surface area contributed by atoms with Crippen LogP contribution in [-0.2, 0) is 4.79 Å². The number of rotatable bonds is 4. The van der Waals surface area contributed by atoms with Gasteiger partial charge in [-0.3, -0.25) is 4.79 Å². The number of aliphatic hydroxyl groups is 1. The van der Waals surface area contributed by atoms with Gasteiger partial charge in [0.1, 0.15) is 0 Å². The molecule has 0 aliphatic carbocycles. The average molecular weight is 257 g/mol. The molecule has 0 aliphatic rings. The highest BCUT2D eigenvalue weighted by Crippen LogP contribution is 2.28. The summed E-state index contributed by atoms with van der Waals surface area (Å²) in [4.78, 5) is 13.0. The number of carbonyl (C=O) groups excluding carboxylic acids is 1. The van der Waals surface area contributed by atoms with Crippen molar-refractivity contribution in [3.8, 4) is 0 Å². The Bertz CT molecular complexity index is 407. The molecule has 0 heterocycles. The van der Waals surface area contributed by atoms with Gasteiger partial charge in [0.15, 0.2) is 0 Å². The van der Waals surface area contributed by atoms with Crippen molar-refractivity contribution in [1.29, 1.82) is 0 Å². The summed E-state index contributed by atoms with van der Waals surface area (Å²) in [5, 5.41) is 12.5. The maximum atomic E-state index is 11.2. The minimum absolute atomic E-state index is 0.0804. The molecule has 94 valence electrons. The van der Waals surface area contributed by atoms with Crippen LogP contribution in [0.15, 0.2) is 18.2 Å². The highest BCUT2D eigenvalue weighted by atomic mass is 35.5. The molecule has 1 rings (SSSR count). The standard InChI is InChI=1S/C12H17ClN2O2/c1-8(16)9-4-5-11(10(13)6-9)15(3)7-12(17)14-2/h4-6,8,16H,7H2,1-3H3,(H,14,17)/t8-/m1/s1. The summed E-state index contributed by atoms with van der Waals surface area (Å²) in [6.45, 7) is 1.92. The van der Waals surface area contributed by atoms with Crippen molar-refractivity contribution in [3.05, 3.63) is 28.8 Å². The smallest absolute Gasteiger partial charge is 0.239 e. The first-order valence-corrected chi connectivity index (χ1v) is 5.72. The maximum Gasteiger partial charge on any atom is 0.239 e. The van der Waals surface area contributed by atoms with E-state index in [1.54, 1.807) is 44.1 Å². The molecule has 1 atom stereocenters. The van der Waals surface area contributed by atoms with Crippen LogP contribution in [0.25, 0.3) is 0 Å². The lowest BCUT2D eigenvalue weighted by atomic mass is 10.1. The fraction of sp³-hybridized carbons (Fsp3) is 0.417. The van der Waals surface area contributed by atoms with Crippen LogP contribution in [0, 0.1) is 0 Å². The number of benzene rings is 1. The average Bonchev–Trinajstić information content (AvgIpc) is 2.28. The number of likely N-dealkylation sites (N-methyl/N-ethyl adjacent to an activating group) is 2. The van der Waals surface area contributed by atoms with Gasteiger partial charge in [-0.05, 0) is 24.6 Å². The van der Waals surface area contributed by atoms with Crippen LogP contribution in [0.5, 0.6) is 0 Å². The molecule has 0 aromatic heterocycles. The number of aliphatic hydroxyl groups excluding tert-OH is 1. The molecule has 1 aromatic carbocycles. The lowest BCUT2D eigenvalue weighted by Gasteiger charge is -2.20. The topological polar surface area (TPSA) is 52.6 Å². The Morgan fingerprint density at radius 3 is 2.71 bits per heavy atom. The van der Waals surface area contributed by atoms with Gasteiger partial charge in [0.25, 0.3) is 0 Å². The van der Waals surface area contributed by atoms with Gasteiger partial charge >= 0.3 is 0 Å². The van der Waals surface area contributed by atoms with Crippen molar-refractivity contribution < 1.29 is 9.90 Å². The van der Waals surface area contributed by atoms with Crippen molar-refractivity contribution in [3.63, 3.8) is 0 Å². The summed E-state index contributed by atoms with van der Waals surface area (Å²) < 4.78 is 0. The Morgan fingerprint density at radius 2 is 2.24 bits per heavy atom. The van der Waals surface area contributed by atoms with Crippen molar-refractivity contribution in [1.82, 2.24) is 5.32 Å². The predicted molar refractivity (Wildman–Crippen MR) is 69.4 cm³/mol. The van der Waals surface area contributed by atoms with E-state index in [2.05, 4.69) is 5.32 Å². The Labute approximate surface area is 106 Å². The first-order valence-electron chi connectivity index (χ1n) is 5.35. The maximum absolute atomic E-state index is 11.2. The van der Waals surface area contributed by atoms with Crippen molar-refractivity contribution in [2.75, 3.05) is 25.5 Å². The molecule has 0 radical (unpaired) electrons. The molecule has 0 aliphatic heterocycles. The molecule has 2 N–H and O–H groups in total. The summed E-state index contributed by atoms with van der Waals surface area (Å²) in [6, 6.07) is 5.31. The second-order valence-corrected chi connectivity index (χ2v) is 4.32. The lowest BCUT2D eigenvalue weighted by molar-refractivity contribution is -0.119. The van der Waals surface area contributed by atoms with Gasteiger partial charge in [0.2, 0.25) is 5.91 Å². The van der Waals surface area contributed by atoms with E-state index in [1.807, 2.05) is 0 Å². The third kappa shape index (κ3) is 3.61. The molecule has 5 heteroatoms. The Hall–Kier alpha value is -1.26. The van der Waals surface area contributed by atoms with Gasteiger partial charge in [0, 0.05) is 14.1 Å². The summed E-state index contributed by atoms with van der Waals surface area (Å²) >= 11 is 6.11. The minimum Gasteiger partial charge on any atom is -0.389 e. The third-order valence-corrected chi connectivity index (χ3v) is 2.83. The van der Waals surface area contributed by atoms with Crippen LogP contribution >= 0.6 is 11.6 Å². The van der Waals surface area contributed by atoms with Crippen LogP contribution in [0.4, 0.5) is 5.69 Å². The van der Waals surface area contributed by atoms with Crippen LogP contribution in [0.2, 0.25) is 5.02 Å². The van der Waals surface area contributed by atoms with Crippen molar-refractivity contribution in [2.45, 2.75) is 13.0 Å². The SMILES string of the molecule is CNC(=O)CN(C)c1ccc([C@@H](C)O)cc1Cl. The largest absolute Gasteiger partial charge is 0.389 e. The zero-order valence-electron chi connectivity index (χ0n) is 10.2.